The number of rotatable bonds is 4. The minimum absolute atomic E-state index is 0.0855. The Kier molecular flexibility index (Phi) is 3.92. The number of imidazole rings is 1. The average Bonchev–Trinajstić information content (AvgIpc) is 2.93. The number of nitrogens with zero attached hydrogens (tertiary/aromatic N) is 4. The highest BCUT2D eigenvalue weighted by Crippen LogP contribution is 2.21. The Hall–Kier alpha value is -2.11. The predicted molar refractivity (Wildman–Crippen MR) is 76.5 cm³/mol. The van der Waals surface area contributed by atoms with Gasteiger partial charge in [0, 0.05) is 24.8 Å². The minimum atomic E-state index is -0.124. The van der Waals surface area contributed by atoms with E-state index in [0.29, 0.717) is 5.69 Å². The van der Waals surface area contributed by atoms with E-state index in [9.17, 15) is 4.79 Å². The highest BCUT2D eigenvalue weighted by atomic mass is 16.2. The van der Waals surface area contributed by atoms with Gasteiger partial charge in [0.05, 0.1) is 24.3 Å². The van der Waals surface area contributed by atoms with E-state index >= 15 is 0 Å². The fourth-order valence-corrected chi connectivity index (χ4v) is 2.56. The third-order valence-corrected chi connectivity index (χ3v) is 3.57. The molecule has 0 spiro atoms. The zero-order valence-corrected chi connectivity index (χ0v) is 12.6. The van der Waals surface area contributed by atoms with Gasteiger partial charge in [-0.1, -0.05) is 0 Å². The monoisotopic (exact) mass is 275 g/mol. The van der Waals surface area contributed by atoms with Crippen molar-refractivity contribution in [2.75, 3.05) is 0 Å². The van der Waals surface area contributed by atoms with Crippen LogP contribution < -0.4 is 5.32 Å². The van der Waals surface area contributed by atoms with E-state index in [1.54, 1.807) is 24.1 Å². The first-order valence-corrected chi connectivity index (χ1v) is 6.76. The summed E-state index contributed by atoms with van der Waals surface area (Å²) in [5, 5.41) is 7.49. The van der Waals surface area contributed by atoms with Crippen molar-refractivity contribution in [3.8, 4) is 0 Å². The standard InChI is InChI=1S/C14H21N5O/c1-6-19-11(4)13(10(3)17-19)9(2)16-14(20)12-7-15-8-18(12)5/h7-9H,6H2,1-5H3,(H,16,20). The van der Waals surface area contributed by atoms with Crippen LogP contribution in [0.4, 0.5) is 0 Å². The summed E-state index contributed by atoms with van der Waals surface area (Å²) in [6, 6.07) is -0.0855. The molecule has 0 aliphatic carbocycles. The van der Waals surface area contributed by atoms with Gasteiger partial charge in [-0.05, 0) is 27.7 Å². The van der Waals surface area contributed by atoms with Crippen molar-refractivity contribution in [3.63, 3.8) is 0 Å². The molecular weight excluding hydrogens is 254 g/mol. The molecule has 0 aliphatic rings. The molecule has 1 N–H and O–H groups in total. The summed E-state index contributed by atoms with van der Waals surface area (Å²) >= 11 is 0. The number of nitrogens with one attached hydrogen (secondary N) is 1. The summed E-state index contributed by atoms with van der Waals surface area (Å²) in [7, 11) is 1.80. The van der Waals surface area contributed by atoms with Gasteiger partial charge in [0.1, 0.15) is 5.69 Å². The van der Waals surface area contributed by atoms with Crippen molar-refractivity contribution >= 4 is 5.91 Å². The molecule has 0 bridgehead atoms. The summed E-state index contributed by atoms with van der Waals surface area (Å²) in [5.41, 5.74) is 3.70. The molecule has 6 nitrogen and oxygen atoms in total. The van der Waals surface area contributed by atoms with E-state index in [2.05, 4.69) is 22.3 Å². The van der Waals surface area contributed by atoms with Crippen LogP contribution in [0.5, 0.6) is 0 Å². The second-order valence-electron chi connectivity index (χ2n) is 4.99. The number of amides is 1. The van der Waals surface area contributed by atoms with Crippen LogP contribution in [-0.4, -0.2) is 25.2 Å². The van der Waals surface area contributed by atoms with Crippen molar-refractivity contribution in [3.05, 3.63) is 35.2 Å². The molecule has 1 amide bonds. The zero-order chi connectivity index (χ0) is 14.9. The van der Waals surface area contributed by atoms with Crippen molar-refractivity contribution < 1.29 is 4.79 Å². The van der Waals surface area contributed by atoms with Crippen LogP contribution in [-0.2, 0) is 13.6 Å². The van der Waals surface area contributed by atoms with Gasteiger partial charge in [-0.2, -0.15) is 5.10 Å². The van der Waals surface area contributed by atoms with Crippen molar-refractivity contribution in [1.29, 1.82) is 0 Å². The second kappa shape index (κ2) is 5.48. The fraction of sp³-hybridized carbons (Fsp3) is 0.500. The Morgan fingerprint density at radius 3 is 2.65 bits per heavy atom. The predicted octanol–water partition coefficient (Wildman–Crippen LogP) is 1.74. The van der Waals surface area contributed by atoms with Gasteiger partial charge in [-0.3, -0.25) is 9.48 Å². The van der Waals surface area contributed by atoms with Crippen LogP contribution in [0, 0.1) is 13.8 Å². The Morgan fingerprint density at radius 1 is 1.45 bits per heavy atom. The first-order valence-electron chi connectivity index (χ1n) is 6.76. The van der Waals surface area contributed by atoms with Gasteiger partial charge in [-0.15, -0.1) is 0 Å². The van der Waals surface area contributed by atoms with E-state index in [-0.39, 0.29) is 11.9 Å². The molecule has 0 fully saturated rings. The maximum Gasteiger partial charge on any atom is 0.270 e. The van der Waals surface area contributed by atoms with Crippen LogP contribution in [0.15, 0.2) is 12.5 Å². The Bertz CT molecular complexity index is 626. The van der Waals surface area contributed by atoms with Crippen LogP contribution in [0.3, 0.4) is 0 Å². The highest BCUT2D eigenvalue weighted by Gasteiger charge is 2.20. The quantitative estimate of drug-likeness (QED) is 0.924. The molecule has 0 aromatic carbocycles. The topological polar surface area (TPSA) is 64.7 Å². The van der Waals surface area contributed by atoms with Crippen molar-refractivity contribution in [1.82, 2.24) is 24.6 Å². The van der Waals surface area contributed by atoms with Crippen LogP contribution in [0.25, 0.3) is 0 Å². The average molecular weight is 275 g/mol. The summed E-state index contributed by atoms with van der Waals surface area (Å²) < 4.78 is 3.66. The van der Waals surface area contributed by atoms with Crippen LogP contribution in [0.1, 0.15) is 47.3 Å². The van der Waals surface area contributed by atoms with Gasteiger partial charge in [0.15, 0.2) is 0 Å². The Labute approximate surface area is 118 Å². The number of carbonyl (C=O) groups is 1. The number of aromatic nitrogens is 4. The Balaban J connectivity index is 2.21. The summed E-state index contributed by atoms with van der Waals surface area (Å²) in [4.78, 5) is 16.2. The van der Waals surface area contributed by atoms with Gasteiger partial charge in [-0.25, -0.2) is 4.98 Å². The molecule has 20 heavy (non-hydrogen) atoms. The minimum Gasteiger partial charge on any atom is -0.344 e. The molecule has 0 saturated heterocycles. The van der Waals surface area contributed by atoms with Gasteiger partial charge < -0.3 is 9.88 Å². The van der Waals surface area contributed by atoms with E-state index in [0.717, 1.165) is 23.5 Å². The first kappa shape index (κ1) is 14.3. The van der Waals surface area contributed by atoms with Gasteiger partial charge in [0.2, 0.25) is 0 Å². The summed E-state index contributed by atoms with van der Waals surface area (Å²) in [6.07, 6.45) is 3.18. The lowest BCUT2D eigenvalue weighted by Gasteiger charge is -2.15. The Morgan fingerprint density at radius 2 is 2.15 bits per heavy atom. The molecule has 0 aliphatic heterocycles. The van der Waals surface area contributed by atoms with Crippen molar-refractivity contribution in [2.24, 2.45) is 7.05 Å². The first-order chi connectivity index (χ1) is 9.45. The number of hydrogen-bond donors (Lipinski definition) is 1. The fourth-order valence-electron chi connectivity index (χ4n) is 2.56. The molecule has 2 aromatic rings. The molecule has 1 unspecified atom stereocenters. The molecular formula is C14H21N5O. The molecule has 6 heteroatoms. The molecule has 2 rings (SSSR count). The van der Waals surface area contributed by atoms with Gasteiger partial charge in [0.25, 0.3) is 5.91 Å². The molecule has 1 atom stereocenters. The summed E-state index contributed by atoms with van der Waals surface area (Å²) in [5.74, 6) is -0.124. The number of hydrogen-bond acceptors (Lipinski definition) is 3. The number of carbonyl (C=O) groups excluding carboxylic acids is 1. The lowest BCUT2D eigenvalue weighted by molar-refractivity contribution is 0.0931. The normalized spacial score (nSPS) is 12.4. The third-order valence-electron chi connectivity index (χ3n) is 3.57. The van der Waals surface area contributed by atoms with E-state index in [1.165, 1.54) is 0 Å². The maximum absolute atomic E-state index is 12.2. The molecule has 2 aromatic heterocycles. The zero-order valence-electron chi connectivity index (χ0n) is 12.6. The van der Waals surface area contributed by atoms with Crippen LogP contribution in [0.2, 0.25) is 0 Å². The highest BCUT2D eigenvalue weighted by molar-refractivity contribution is 5.92. The second-order valence-corrected chi connectivity index (χ2v) is 4.99. The molecule has 0 saturated carbocycles. The largest absolute Gasteiger partial charge is 0.344 e. The van der Waals surface area contributed by atoms with Crippen molar-refractivity contribution in [2.45, 2.75) is 40.3 Å². The van der Waals surface area contributed by atoms with E-state index < -0.39 is 0 Å². The van der Waals surface area contributed by atoms with Crippen LogP contribution >= 0.6 is 0 Å². The molecule has 108 valence electrons. The lowest BCUT2D eigenvalue weighted by Crippen LogP contribution is -2.28. The summed E-state index contributed by atoms with van der Waals surface area (Å²) in [6.45, 7) is 8.87. The molecule has 0 radical (unpaired) electrons. The number of aryl methyl sites for hydroxylation is 3. The van der Waals surface area contributed by atoms with Gasteiger partial charge >= 0.3 is 0 Å². The third kappa shape index (κ3) is 2.45. The van der Waals surface area contributed by atoms with E-state index in [1.807, 2.05) is 25.5 Å². The lowest BCUT2D eigenvalue weighted by atomic mass is 10.1. The maximum atomic E-state index is 12.2. The van der Waals surface area contributed by atoms with E-state index in [4.69, 9.17) is 0 Å². The SMILES string of the molecule is CCn1nc(C)c(C(C)NC(=O)c2cncn2C)c1C. The molecule has 2 heterocycles. The smallest absolute Gasteiger partial charge is 0.270 e.